The number of esters is 1. The molecule has 1 aromatic rings. The molecule has 0 atom stereocenters. The van der Waals surface area contributed by atoms with Gasteiger partial charge in [-0.25, -0.2) is 4.79 Å². The number of rotatable bonds is 3. The summed E-state index contributed by atoms with van der Waals surface area (Å²) in [6.45, 7) is 0. The summed E-state index contributed by atoms with van der Waals surface area (Å²) in [6.07, 6.45) is 0.548. The minimum Gasteiger partial charge on any atom is -0.480 e. The van der Waals surface area contributed by atoms with E-state index in [0.717, 1.165) is 11.5 Å². The second-order valence-electron chi connectivity index (χ2n) is 2.04. The fourth-order valence-corrected chi connectivity index (χ4v) is 1.45. The van der Waals surface area contributed by atoms with E-state index < -0.39 is 5.97 Å². The lowest BCUT2D eigenvalue weighted by Crippen LogP contribution is -2.04. The SMILES string of the molecule is COC(=O)c1c(OC)nsc1C=O. The van der Waals surface area contributed by atoms with E-state index in [1.165, 1.54) is 14.2 Å². The fraction of sp³-hybridized carbons (Fsp3) is 0.286. The Morgan fingerprint density at radius 1 is 1.54 bits per heavy atom. The van der Waals surface area contributed by atoms with Gasteiger partial charge in [-0.2, -0.15) is 4.37 Å². The Hall–Kier alpha value is -1.43. The zero-order valence-corrected chi connectivity index (χ0v) is 7.88. The molecular formula is C7H7NO4S. The van der Waals surface area contributed by atoms with Crippen LogP contribution in [0.5, 0.6) is 5.88 Å². The summed E-state index contributed by atoms with van der Waals surface area (Å²) in [4.78, 5) is 21.8. The largest absolute Gasteiger partial charge is 0.480 e. The van der Waals surface area contributed by atoms with Crippen LogP contribution in [0.2, 0.25) is 0 Å². The molecule has 0 N–H and O–H groups in total. The van der Waals surface area contributed by atoms with E-state index in [0.29, 0.717) is 6.29 Å². The van der Waals surface area contributed by atoms with Crippen molar-refractivity contribution < 1.29 is 19.1 Å². The first-order chi connectivity index (χ1) is 6.24. The van der Waals surface area contributed by atoms with Crippen LogP contribution in [0.1, 0.15) is 20.0 Å². The highest BCUT2D eigenvalue weighted by Crippen LogP contribution is 2.24. The highest BCUT2D eigenvalue weighted by molar-refractivity contribution is 7.08. The highest BCUT2D eigenvalue weighted by atomic mass is 32.1. The van der Waals surface area contributed by atoms with Gasteiger partial charge in [0.2, 0.25) is 5.88 Å². The lowest BCUT2D eigenvalue weighted by Gasteiger charge is -1.98. The lowest BCUT2D eigenvalue weighted by molar-refractivity contribution is 0.0595. The molecule has 0 fully saturated rings. The summed E-state index contributed by atoms with van der Waals surface area (Å²) in [5, 5.41) is 0. The number of hydrogen-bond donors (Lipinski definition) is 0. The van der Waals surface area contributed by atoms with E-state index in [2.05, 4.69) is 9.11 Å². The molecule has 0 spiro atoms. The van der Waals surface area contributed by atoms with Gasteiger partial charge in [0.25, 0.3) is 0 Å². The summed E-state index contributed by atoms with van der Waals surface area (Å²) >= 11 is 0.901. The van der Waals surface area contributed by atoms with Gasteiger partial charge < -0.3 is 9.47 Å². The summed E-state index contributed by atoms with van der Waals surface area (Å²) in [7, 11) is 2.60. The van der Waals surface area contributed by atoms with Gasteiger partial charge in [-0.15, -0.1) is 0 Å². The van der Waals surface area contributed by atoms with Crippen molar-refractivity contribution in [2.24, 2.45) is 0 Å². The third-order valence-corrected chi connectivity index (χ3v) is 2.13. The van der Waals surface area contributed by atoms with Gasteiger partial charge in [0.1, 0.15) is 10.4 Å². The van der Waals surface area contributed by atoms with Gasteiger partial charge in [0.05, 0.1) is 14.2 Å². The van der Waals surface area contributed by atoms with Crippen LogP contribution < -0.4 is 4.74 Å². The van der Waals surface area contributed by atoms with E-state index in [9.17, 15) is 9.59 Å². The van der Waals surface area contributed by atoms with Gasteiger partial charge >= 0.3 is 5.97 Å². The Morgan fingerprint density at radius 3 is 2.69 bits per heavy atom. The molecule has 0 saturated heterocycles. The fourth-order valence-electron chi connectivity index (χ4n) is 0.797. The zero-order valence-electron chi connectivity index (χ0n) is 7.07. The Balaban J connectivity index is 3.19. The Kier molecular flexibility index (Phi) is 2.97. The maximum atomic E-state index is 11.1. The first-order valence-electron chi connectivity index (χ1n) is 3.31. The zero-order chi connectivity index (χ0) is 9.84. The maximum Gasteiger partial charge on any atom is 0.345 e. The minimum absolute atomic E-state index is 0.0880. The number of aromatic nitrogens is 1. The molecule has 70 valence electrons. The third kappa shape index (κ3) is 1.67. The first-order valence-corrected chi connectivity index (χ1v) is 4.09. The molecule has 13 heavy (non-hydrogen) atoms. The number of aldehydes is 1. The average molecular weight is 201 g/mol. The van der Waals surface area contributed by atoms with Gasteiger partial charge in [-0.1, -0.05) is 0 Å². The second-order valence-corrected chi connectivity index (χ2v) is 2.85. The quantitative estimate of drug-likeness (QED) is 0.533. The van der Waals surface area contributed by atoms with E-state index in [4.69, 9.17) is 4.74 Å². The maximum absolute atomic E-state index is 11.1. The van der Waals surface area contributed by atoms with Crippen LogP contribution in [0, 0.1) is 0 Å². The van der Waals surface area contributed by atoms with Crippen molar-refractivity contribution in [3.8, 4) is 5.88 Å². The van der Waals surface area contributed by atoms with Crippen molar-refractivity contribution in [2.75, 3.05) is 14.2 Å². The summed E-state index contributed by atoms with van der Waals surface area (Å²) in [6, 6.07) is 0. The van der Waals surface area contributed by atoms with Crippen molar-refractivity contribution in [1.82, 2.24) is 4.37 Å². The van der Waals surface area contributed by atoms with Crippen LogP contribution in [-0.4, -0.2) is 30.8 Å². The molecule has 0 radical (unpaired) electrons. The predicted molar refractivity (Wildman–Crippen MR) is 45.4 cm³/mol. The van der Waals surface area contributed by atoms with E-state index >= 15 is 0 Å². The van der Waals surface area contributed by atoms with Crippen molar-refractivity contribution in [3.63, 3.8) is 0 Å². The van der Waals surface area contributed by atoms with E-state index in [1.54, 1.807) is 0 Å². The summed E-state index contributed by atoms with van der Waals surface area (Å²) in [5.74, 6) is -0.494. The monoisotopic (exact) mass is 201 g/mol. The van der Waals surface area contributed by atoms with Crippen LogP contribution in [0.15, 0.2) is 0 Å². The average Bonchev–Trinajstić information content (AvgIpc) is 2.59. The van der Waals surface area contributed by atoms with Crippen LogP contribution >= 0.6 is 11.5 Å². The number of nitrogens with zero attached hydrogens (tertiary/aromatic N) is 1. The van der Waals surface area contributed by atoms with E-state index in [-0.39, 0.29) is 16.3 Å². The van der Waals surface area contributed by atoms with Crippen LogP contribution in [0.25, 0.3) is 0 Å². The van der Waals surface area contributed by atoms with Gasteiger partial charge in [0.15, 0.2) is 6.29 Å². The smallest absolute Gasteiger partial charge is 0.345 e. The molecule has 0 saturated carbocycles. The lowest BCUT2D eigenvalue weighted by atomic mass is 10.3. The Morgan fingerprint density at radius 2 is 2.23 bits per heavy atom. The molecule has 0 aliphatic heterocycles. The summed E-state index contributed by atoms with van der Waals surface area (Å²) in [5.41, 5.74) is 0.0880. The highest BCUT2D eigenvalue weighted by Gasteiger charge is 2.21. The number of methoxy groups -OCH3 is 2. The molecule has 1 rings (SSSR count). The van der Waals surface area contributed by atoms with Gasteiger partial charge in [-0.3, -0.25) is 4.79 Å². The first kappa shape index (κ1) is 9.66. The molecule has 0 unspecified atom stereocenters. The molecule has 0 bridgehead atoms. The standard InChI is InChI=1S/C7H7NO4S/c1-11-6-5(7(10)12-2)4(3-9)13-8-6/h3H,1-2H3. The van der Waals surface area contributed by atoms with Crippen molar-refractivity contribution in [1.29, 1.82) is 0 Å². The minimum atomic E-state index is -0.618. The summed E-state index contributed by atoms with van der Waals surface area (Å²) < 4.78 is 13.0. The van der Waals surface area contributed by atoms with Crippen molar-refractivity contribution in [3.05, 3.63) is 10.4 Å². The molecule has 0 aliphatic carbocycles. The molecule has 6 heteroatoms. The van der Waals surface area contributed by atoms with Gasteiger partial charge in [-0.05, 0) is 11.5 Å². The van der Waals surface area contributed by atoms with Crippen LogP contribution in [-0.2, 0) is 4.74 Å². The molecule has 0 aliphatic rings. The molecule has 1 aromatic heterocycles. The molecule has 5 nitrogen and oxygen atoms in total. The van der Waals surface area contributed by atoms with Crippen molar-refractivity contribution >= 4 is 23.8 Å². The van der Waals surface area contributed by atoms with Gasteiger partial charge in [0, 0.05) is 0 Å². The molecule has 1 heterocycles. The normalized spacial score (nSPS) is 9.38. The molecule has 0 amide bonds. The topological polar surface area (TPSA) is 65.5 Å². The van der Waals surface area contributed by atoms with Crippen molar-refractivity contribution in [2.45, 2.75) is 0 Å². The number of carbonyl (C=O) groups is 2. The molecular weight excluding hydrogens is 194 g/mol. The predicted octanol–water partition coefficient (Wildman–Crippen LogP) is 0.751. The molecule has 0 aromatic carbocycles. The number of carbonyl (C=O) groups excluding carboxylic acids is 2. The number of ether oxygens (including phenoxy) is 2. The third-order valence-electron chi connectivity index (χ3n) is 1.38. The van der Waals surface area contributed by atoms with E-state index in [1.807, 2.05) is 0 Å². The van der Waals surface area contributed by atoms with Crippen LogP contribution in [0.4, 0.5) is 0 Å². The van der Waals surface area contributed by atoms with Crippen LogP contribution in [0.3, 0.4) is 0 Å². The Labute approximate surface area is 78.4 Å². The Bertz CT molecular complexity index is 333. The number of hydrogen-bond acceptors (Lipinski definition) is 6. The second kappa shape index (κ2) is 3.99.